The molecule has 0 aliphatic carbocycles. The largest absolute Gasteiger partial charge is 0.489 e. The highest BCUT2D eigenvalue weighted by Crippen LogP contribution is 2.16. The Labute approximate surface area is 189 Å². The van der Waals surface area contributed by atoms with Crippen LogP contribution in [0.25, 0.3) is 0 Å². The number of benzene rings is 1. The molecule has 1 atom stereocenters. The van der Waals surface area contributed by atoms with Crippen LogP contribution >= 0.6 is 35.6 Å². The molecule has 1 unspecified atom stereocenters. The lowest BCUT2D eigenvalue weighted by molar-refractivity contribution is 0.224. The molecule has 0 bridgehead atoms. The van der Waals surface area contributed by atoms with Crippen LogP contribution in [0.1, 0.15) is 38.3 Å². The molecule has 2 aromatic rings. The number of unbranched alkanes of at least 4 members (excludes halogenated alkanes) is 1. The van der Waals surface area contributed by atoms with Crippen molar-refractivity contribution in [1.82, 2.24) is 25.4 Å². The maximum absolute atomic E-state index is 5.91. The summed E-state index contributed by atoms with van der Waals surface area (Å²) in [5, 5.41) is 15.6. The van der Waals surface area contributed by atoms with E-state index in [0.717, 1.165) is 42.7 Å². The van der Waals surface area contributed by atoms with Crippen molar-refractivity contribution in [2.75, 3.05) is 13.1 Å². The Morgan fingerprint density at radius 1 is 1.25 bits per heavy atom. The van der Waals surface area contributed by atoms with Crippen molar-refractivity contribution in [2.24, 2.45) is 12.0 Å². The molecule has 0 aliphatic rings. The number of aliphatic imine (C=N–C) groups is 1. The van der Waals surface area contributed by atoms with Crippen LogP contribution in [0.5, 0.6) is 5.75 Å². The van der Waals surface area contributed by atoms with Gasteiger partial charge in [0.25, 0.3) is 0 Å². The summed E-state index contributed by atoms with van der Waals surface area (Å²) in [6, 6.07) is 7.37. The molecule has 1 aromatic carbocycles. The number of guanidine groups is 1. The molecule has 7 nitrogen and oxygen atoms in total. The van der Waals surface area contributed by atoms with E-state index in [9.17, 15) is 0 Å². The highest BCUT2D eigenvalue weighted by molar-refractivity contribution is 14.0. The van der Waals surface area contributed by atoms with Gasteiger partial charge in [-0.3, -0.25) is 0 Å². The smallest absolute Gasteiger partial charge is 0.191 e. The van der Waals surface area contributed by atoms with Crippen molar-refractivity contribution in [3.8, 4) is 5.75 Å². The number of rotatable bonds is 9. The van der Waals surface area contributed by atoms with Gasteiger partial charge in [-0.25, -0.2) is 4.99 Å². The van der Waals surface area contributed by atoms with E-state index in [0.29, 0.717) is 18.1 Å². The van der Waals surface area contributed by atoms with Gasteiger partial charge >= 0.3 is 0 Å². The van der Waals surface area contributed by atoms with Crippen molar-refractivity contribution in [1.29, 1.82) is 0 Å². The molecule has 0 amide bonds. The molecular weight excluding hydrogens is 491 g/mol. The Balaban J connectivity index is 0.00000392. The van der Waals surface area contributed by atoms with Crippen molar-refractivity contribution >= 4 is 41.5 Å². The fourth-order valence-corrected chi connectivity index (χ4v) is 2.45. The minimum absolute atomic E-state index is 0. The third-order valence-corrected chi connectivity index (χ3v) is 4.34. The highest BCUT2D eigenvalue weighted by atomic mass is 127. The van der Waals surface area contributed by atoms with Gasteiger partial charge in [-0.1, -0.05) is 24.9 Å². The number of ether oxygens (including phenoxy) is 1. The second-order valence-corrected chi connectivity index (χ2v) is 6.87. The summed E-state index contributed by atoms with van der Waals surface area (Å²) >= 11 is 5.91. The zero-order valence-electron chi connectivity index (χ0n) is 16.9. The molecule has 2 N–H and O–H groups in total. The molecule has 0 aliphatic heterocycles. The molecule has 2 rings (SSSR count). The average molecular weight is 521 g/mol. The monoisotopic (exact) mass is 520 g/mol. The molecule has 0 saturated carbocycles. The van der Waals surface area contributed by atoms with Gasteiger partial charge in [0.05, 0.1) is 6.54 Å². The Morgan fingerprint density at radius 2 is 1.96 bits per heavy atom. The number of aromatic nitrogens is 3. The van der Waals surface area contributed by atoms with Crippen LogP contribution in [0.4, 0.5) is 0 Å². The molecule has 156 valence electrons. The lowest BCUT2D eigenvalue weighted by Gasteiger charge is -2.18. The first-order valence-electron chi connectivity index (χ1n) is 9.29. The van der Waals surface area contributed by atoms with Gasteiger partial charge in [-0.2, -0.15) is 0 Å². The molecule has 1 heterocycles. The van der Waals surface area contributed by atoms with Crippen LogP contribution < -0.4 is 15.4 Å². The van der Waals surface area contributed by atoms with Crippen molar-refractivity contribution < 1.29 is 4.74 Å². The van der Waals surface area contributed by atoms with E-state index in [-0.39, 0.29) is 30.1 Å². The van der Waals surface area contributed by atoms with Crippen LogP contribution in [0, 0.1) is 6.92 Å². The fourth-order valence-electron chi connectivity index (χ4n) is 2.32. The van der Waals surface area contributed by atoms with Crippen LogP contribution in [-0.4, -0.2) is 39.9 Å². The summed E-state index contributed by atoms with van der Waals surface area (Å²) in [6.07, 6.45) is 2.18. The Bertz CT molecular complexity index is 735. The highest BCUT2D eigenvalue weighted by Gasteiger charge is 2.08. The van der Waals surface area contributed by atoms with E-state index in [1.54, 1.807) is 0 Å². The Kier molecular flexibility index (Phi) is 11.2. The minimum Gasteiger partial charge on any atom is -0.489 e. The summed E-state index contributed by atoms with van der Waals surface area (Å²) in [4.78, 5) is 4.63. The zero-order valence-corrected chi connectivity index (χ0v) is 20.0. The van der Waals surface area contributed by atoms with E-state index in [4.69, 9.17) is 16.3 Å². The summed E-state index contributed by atoms with van der Waals surface area (Å²) in [5.74, 6) is 3.24. The van der Waals surface area contributed by atoms with Crippen LogP contribution in [0.15, 0.2) is 29.3 Å². The van der Waals surface area contributed by atoms with Gasteiger partial charge < -0.3 is 19.9 Å². The van der Waals surface area contributed by atoms with Crippen molar-refractivity contribution in [3.63, 3.8) is 0 Å². The van der Waals surface area contributed by atoms with Crippen molar-refractivity contribution in [2.45, 2.75) is 46.3 Å². The van der Waals surface area contributed by atoms with Crippen LogP contribution in [0.2, 0.25) is 5.02 Å². The first-order chi connectivity index (χ1) is 13.0. The average Bonchev–Trinajstić information content (AvgIpc) is 2.97. The standard InChI is InChI=1S/C19H29ClN6O.HI/c1-5-6-11-21-19(23-13-18-25-24-15(3)26(18)4)22-12-14(2)27-17-9-7-16(20)8-10-17;/h7-10,14H,5-6,11-13H2,1-4H3,(H2,21,22,23);1H. The van der Waals surface area contributed by atoms with E-state index in [2.05, 4.69) is 32.7 Å². The maximum atomic E-state index is 5.91. The Morgan fingerprint density at radius 3 is 2.57 bits per heavy atom. The SMILES string of the molecule is CCCCNC(=NCc1nnc(C)n1C)NCC(C)Oc1ccc(Cl)cc1.I. The molecule has 9 heteroatoms. The van der Waals surface area contributed by atoms with Crippen molar-refractivity contribution in [3.05, 3.63) is 40.9 Å². The number of nitrogens with zero attached hydrogens (tertiary/aromatic N) is 4. The van der Waals surface area contributed by atoms with Gasteiger partial charge in [-0.15, -0.1) is 34.2 Å². The third kappa shape index (κ3) is 8.22. The predicted molar refractivity (Wildman–Crippen MR) is 125 cm³/mol. The van der Waals surface area contributed by atoms with Gasteiger partial charge in [0, 0.05) is 18.6 Å². The first kappa shape index (κ1) is 24.5. The quantitative estimate of drug-likeness (QED) is 0.228. The molecule has 0 radical (unpaired) electrons. The summed E-state index contributed by atoms with van der Waals surface area (Å²) in [6.45, 7) is 8.05. The molecule has 0 spiro atoms. The second-order valence-electron chi connectivity index (χ2n) is 6.43. The molecule has 1 aromatic heterocycles. The van der Waals surface area contributed by atoms with Gasteiger partial charge in [0.15, 0.2) is 11.8 Å². The normalized spacial score (nSPS) is 12.2. The predicted octanol–water partition coefficient (Wildman–Crippen LogP) is 3.70. The minimum atomic E-state index is -0.0265. The van der Waals surface area contributed by atoms with Gasteiger partial charge in [0.1, 0.15) is 24.2 Å². The lowest BCUT2D eigenvalue weighted by Crippen LogP contribution is -2.42. The number of aryl methyl sites for hydroxylation is 1. The van der Waals surface area contributed by atoms with Gasteiger partial charge in [0.2, 0.25) is 0 Å². The Hall–Kier alpha value is -1.55. The first-order valence-corrected chi connectivity index (χ1v) is 9.66. The molecule has 0 fully saturated rings. The zero-order chi connectivity index (χ0) is 19.6. The summed E-state index contributed by atoms with van der Waals surface area (Å²) < 4.78 is 7.84. The van der Waals surface area contributed by atoms with E-state index in [1.807, 2.05) is 49.7 Å². The number of halogens is 2. The summed E-state index contributed by atoms with van der Waals surface area (Å²) in [7, 11) is 1.94. The lowest BCUT2D eigenvalue weighted by atomic mass is 10.3. The third-order valence-electron chi connectivity index (χ3n) is 4.09. The number of nitrogens with one attached hydrogen (secondary N) is 2. The fraction of sp³-hybridized carbons (Fsp3) is 0.526. The van der Waals surface area contributed by atoms with E-state index in [1.165, 1.54) is 0 Å². The molecular formula is C19H30ClIN6O. The van der Waals surface area contributed by atoms with Crippen LogP contribution in [0.3, 0.4) is 0 Å². The van der Waals surface area contributed by atoms with Gasteiger partial charge in [-0.05, 0) is 44.5 Å². The van der Waals surface area contributed by atoms with Crippen LogP contribution in [-0.2, 0) is 13.6 Å². The van der Waals surface area contributed by atoms with E-state index < -0.39 is 0 Å². The topological polar surface area (TPSA) is 76.4 Å². The number of hydrogen-bond acceptors (Lipinski definition) is 4. The molecule has 0 saturated heterocycles. The number of hydrogen-bond donors (Lipinski definition) is 2. The summed E-state index contributed by atoms with van der Waals surface area (Å²) in [5.41, 5.74) is 0. The van der Waals surface area contributed by atoms with E-state index >= 15 is 0 Å². The maximum Gasteiger partial charge on any atom is 0.191 e. The molecule has 28 heavy (non-hydrogen) atoms. The second kappa shape index (κ2) is 12.8.